The predicted molar refractivity (Wildman–Crippen MR) is 106 cm³/mol. The minimum atomic E-state index is -0.156. The molecule has 27 heavy (non-hydrogen) atoms. The summed E-state index contributed by atoms with van der Waals surface area (Å²) in [5.74, 6) is -0.412. The molecule has 0 saturated heterocycles. The first-order valence-electron chi connectivity index (χ1n) is 8.84. The number of amides is 3. The van der Waals surface area contributed by atoms with Crippen LogP contribution in [0.4, 0.5) is 11.4 Å². The lowest BCUT2D eigenvalue weighted by Gasteiger charge is -2.21. The van der Waals surface area contributed by atoms with E-state index in [1.54, 1.807) is 29.2 Å². The van der Waals surface area contributed by atoms with Gasteiger partial charge in [0.05, 0.1) is 0 Å². The highest BCUT2D eigenvalue weighted by atomic mass is 16.2. The van der Waals surface area contributed by atoms with Crippen molar-refractivity contribution in [3.63, 3.8) is 0 Å². The van der Waals surface area contributed by atoms with Crippen molar-refractivity contribution in [1.82, 2.24) is 5.32 Å². The van der Waals surface area contributed by atoms with Crippen molar-refractivity contribution in [2.45, 2.75) is 33.7 Å². The molecule has 0 spiro atoms. The molecule has 0 radical (unpaired) electrons. The molecule has 0 aliphatic carbocycles. The topological polar surface area (TPSA) is 78.5 Å². The molecule has 0 unspecified atom stereocenters. The Morgan fingerprint density at radius 1 is 0.963 bits per heavy atom. The maximum Gasteiger partial charge on any atom is 0.223 e. The van der Waals surface area contributed by atoms with E-state index in [-0.39, 0.29) is 30.7 Å². The van der Waals surface area contributed by atoms with Crippen LogP contribution < -0.4 is 15.5 Å². The van der Waals surface area contributed by atoms with E-state index in [0.29, 0.717) is 17.9 Å². The van der Waals surface area contributed by atoms with Crippen LogP contribution in [-0.4, -0.2) is 24.3 Å². The molecule has 142 valence electrons. The summed E-state index contributed by atoms with van der Waals surface area (Å²) in [6.45, 7) is 5.66. The Morgan fingerprint density at radius 2 is 1.63 bits per heavy atom. The number of benzene rings is 2. The molecule has 0 aliphatic rings. The first-order valence-corrected chi connectivity index (χ1v) is 8.84. The van der Waals surface area contributed by atoms with Gasteiger partial charge in [0.15, 0.2) is 0 Å². The number of carbonyl (C=O) groups is 3. The number of hydrogen-bond acceptors (Lipinski definition) is 3. The Balaban J connectivity index is 1.92. The van der Waals surface area contributed by atoms with Crippen LogP contribution in [0, 0.1) is 6.92 Å². The number of aryl methyl sites for hydroxylation is 1. The Labute approximate surface area is 159 Å². The van der Waals surface area contributed by atoms with Crippen molar-refractivity contribution < 1.29 is 14.4 Å². The van der Waals surface area contributed by atoms with Gasteiger partial charge in [0.1, 0.15) is 0 Å². The Hall–Kier alpha value is -3.15. The second-order valence-electron chi connectivity index (χ2n) is 6.35. The van der Waals surface area contributed by atoms with Crippen LogP contribution in [0.3, 0.4) is 0 Å². The second-order valence-corrected chi connectivity index (χ2v) is 6.35. The van der Waals surface area contributed by atoms with Gasteiger partial charge in [0.2, 0.25) is 17.7 Å². The maximum atomic E-state index is 12.2. The fourth-order valence-electron chi connectivity index (χ4n) is 2.70. The molecule has 3 amide bonds. The number of anilines is 2. The van der Waals surface area contributed by atoms with Crippen molar-refractivity contribution in [2.75, 3.05) is 16.8 Å². The van der Waals surface area contributed by atoms with Gasteiger partial charge in [0.25, 0.3) is 0 Å². The molecule has 0 saturated carbocycles. The summed E-state index contributed by atoms with van der Waals surface area (Å²) in [6, 6.07) is 14.8. The van der Waals surface area contributed by atoms with Crippen LogP contribution in [-0.2, 0) is 20.9 Å². The van der Waals surface area contributed by atoms with E-state index in [4.69, 9.17) is 0 Å². The van der Waals surface area contributed by atoms with Gasteiger partial charge >= 0.3 is 0 Å². The third-order valence-electron chi connectivity index (χ3n) is 4.18. The normalized spacial score (nSPS) is 10.2. The minimum absolute atomic E-state index is 0.112. The van der Waals surface area contributed by atoms with Gasteiger partial charge in [-0.1, -0.05) is 24.3 Å². The minimum Gasteiger partial charge on any atom is -0.352 e. The Morgan fingerprint density at radius 3 is 2.22 bits per heavy atom. The average Bonchev–Trinajstić information content (AvgIpc) is 2.62. The number of hydrogen-bond donors (Lipinski definition) is 2. The highest BCUT2D eigenvalue weighted by Gasteiger charge is 2.13. The molecule has 2 aromatic rings. The van der Waals surface area contributed by atoms with Gasteiger partial charge in [-0.3, -0.25) is 14.4 Å². The van der Waals surface area contributed by atoms with Gasteiger partial charge in [-0.25, -0.2) is 0 Å². The number of nitrogens with one attached hydrogen (secondary N) is 2. The van der Waals surface area contributed by atoms with Crippen LogP contribution in [0.2, 0.25) is 0 Å². The largest absolute Gasteiger partial charge is 0.352 e. The molecule has 6 nitrogen and oxygen atoms in total. The zero-order valence-corrected chi connectivity index (χ0v) is 15.9. The van der Waals surface area contributed by atoms with Crippen molar-refractivity contribution in [3.8, 4) is 0 Å². The van der Waals surface area contributed by atoms with Gasteiger partial charge in [-0.15, -0.1) is 0 Å². The third kappa shape index (κ3) is 6.26. The lowest BCUT2D eigenvalue weighted by molar-refractivity contribution is -0.121. The molecule has 0 bridgehead atoms. The molecular weight excluding hydrogens is 342 g/mol. The molecule has 0 fully saturated rings. The quantitative estimate of drug-likeness (QED) is 0.790. The highest BCUT2D eigenvalue weighted by molar-refractivity contribution is 5.93. The van der Waals surface area contributed by atoms with Crippen LogP contribution in [0.5, 0.6) is 0 Å². The van der Waals surface area contributed by atoms with Crippen molar-refractivity contribution in [3.05, 3.63) is 59.7 Å². The SMILES string of the molecule is CC(=O)Nc1ccc(N(CCC(=O)NCc2ccccc2C)C(C)=O)cc1. The molecule has 0 aliphatic heterocycles. The lowest BCUT2D eigenvalue weighted by atomic mass is 10.1. The van der Waals surface area contributed by atoms with Gasteiger partial charge < -0.3 is 15.5 Å². The van der Waals surface area contributed by atoms with E-state index in [2.05, 4.69) is 10.6 Å². The zero-order chi connectivity index (χ0) is 19.8. The summed E-state index contributed by atoms with van der Waals surface area (Å²) >= 11 is 0. The summed E-state index contributed by atoms with van der Waals surface area (Å²) in [5.41, 5.74) is 3.54. The van der Waals surface area contributed by atoms with Crippen molar-refractivity contribution in [2.24, 2.45) is 0 Å². The van der Waals surface area contributed by atoms with Crippen molar-refractivity contribution in [1.29, 1.82) is 0 Å². The summed E-state index contributed by atoms with van der Waals surface area (Å²) in [6.07, 6.45) is 0.207. The highest BCUT2D eigenvalue weighted by Crippen LogP contribution is 2.18. The van der Waals surface area contributed by atoms with Crippen LogP contribution in [0.15, 0.2) is 48.5 Å². The fraction of sp³-hybridized carbons (Fsp3) is 0.286. The second kappa shape index (κ2) is 9.52. The summed E-state index contributed by atoms with van der Waals surface area (Å²) in [5, 5.41) is 5.57. The Kier molecular flexibility index (Phi) is 7.11. The number of nitrogens with zero attached hydrogens (tertiary/aromatic N) is 1. The summed E-state index contributed by atoms with van der Waals surface area (Å²) in [7, 11) is 0. The fourth-order valence-corrected chi connectivity index (χ4v) is 2.70. The van der Waals surface area contributed by atoms with Gasteiger partial charge in [0, 0.05) is 44.7 Å². The first-order chi connectivity index (χ1) is 12.9. The van der Waals surface area contributed by atoms with E-state index in [1.165, 1.54) is 13.8 Å². The van der Waals surface area contributed by atoms with E-state index in [9.17, 15) is 14.4 Å². The Bertz CT molecular complexity index is 816. The molecule has 2 rings (SSSR count). The van der Waals surface area contributed by atoms with Crippen LogP contribution in [0.25, 0.3) is 0 Å². The molecular formula is C21H25N3O3. The van der Waals surface area contributed by atoms with E-state index in [0.717, 1.165) is 11.1 Å². The maximum absolute atomic E-state index is 12.2. The molecule has 0 atom stereocenters. The third-order valence-corrected chi connectivity index (χ3v) is 4.18. The lowest BCUT2D eigenvalue weighted by Crippen LogP contribution is -2.33. The van der Waals surface area contributed by atoms with Gasteiger partial charge in [-0.05, 0) is 42.3 Å². The summed E-state index contributed by atoms with van der Waals surface area (Å²) in [4.78, 5) is 36.8. The van der Waals surface area contributed by atoms with E-state index < -0.39 is 0 Å². The summed E-state index contributed by atoms with van der Waals surface area (Å²) < 4.78 is 0. The number of carbonyl (C=O) groups excluding carboxylic acids is 3. The van der Waals surface area contributed by atoms with Gasteiger partial charge in [-0.2, -0.15) is 0 Å². The van der Waals surface area contributed by atoms with Crippen molar-refractivity contribution >= 4 is 29.1 Å². The van der Waals surface area contributed by atoms with E-state index in [1.807, 2.05) is 31.2 Å². The average molecular weight is 367 g/mol. The van der Waals surface area contributed by atoms with E-state index >= 15 is 0 Å². The van der Waals surface area contributed by atoms with Crippen LogP contribution in [0.1, 0.15) is 31.4 Å². The molecule has 0 heterocycles. The molecule has 2 aromatic carbocycles. The zero-order valence-electron chi connectivity index (χ0n) is 15.9. The number of rotatable bonds is 7. The first kappa shape index (κ1) is 20.2. The molecule has 0 aromatic heterocycles. The molecule has 2 N–H and O–H groups in total. The monoisotopic (exact) mass is 367 g/mol. The standard InChI is InChI=1S/C21H25N3O3/c1-15-6-4-5-7-18(15)14-22-21(27)12-13-24(17(3)26)20-10-8-19(9-11-20)23-16(2)25/h4-11H,12-14H2,1-3H3,(H,22,27)(H,23,25). The predicted octanol–water partition coefficient (Wildman–Crippen LogP) is 3.01. The van der Waals surface area contributed by atoms with Crippen LogP contribution >= 0.6 is 0 Å². The smallest absolute Gasteiger partial charge is 0.223 e. The molecule has 6 heteroatoms.